The summed E-state index contributed by atoms with van der Waals surface area (Å²) < 4.78 is 5.03. The molecule has 2 rings (SSSR count). The van der Waals surface area contributed by atoms with Crippen LogP contribution in [0.2, 0.25) is 0 Å². The van der Waals surface area contributed by atoms with E-state index in [1.54, 1.807) is 7.11 Å². The predicted octanol–water partition coefficient (Wildman–Crippen LogP) is 0.505. The molecule has 4 heteroatoms. The van der Waals surface area contributed by atoms with Gasteiger partial charge < -0.3 is 15.4 Å². The fourth-order valence-electron chi connectivity index (χ4n) is 2.08. The first kappa shape index (κ1) is 10.9. The van der Waals surface area contributed by atoms with Crippen molar-refractivity contribution in [2.75, 3.05) is 20.3 Å². The van der Waals surface area contributed by atoms with Crippen LogP contribution in [0.3, 0.4) is 0 Å². The molecule has 0 heterocycles. The monoisotopic (exact) mass is 212 g/mol. The van der Waals surface area contributed by atoms with Crippen molar-refractivity contribution in [1.29, 1.82) is 0 Å². The first-order valence-electron chi connectivity index (χ1n) is 5.76. The van der Waals surface area contributed by atoms with Gasteiger partial charge in [0, 0.05) is 19.7 Å². The third-order valence-corrected chi connectivity index (χ3v) is 3.46. The summed E-state index contributed by atoms with van der Waals surface area (Å²) in [6.07, 6.45) is 5.05. The number of carbonyl (C=O) groups is 1. The van der Waals surface area contributed by atoms with Crippen molar-refractivity contribution in [3.63, 3.8) is 0 Å². The molecule has 0 aromatic heterocycles. The third kappa shape index (κ3) is 2.16. The van der Waals surface area contributed by atoms with E-state index in [2.05, 4.69) is 0 Å². The lowest BCUT2D eigenvalue weighted by molar-refractivity contribution is -0.141. The molecule has 2 aliphatic carbocycles. The quantitative estimate of drug-likeness (QED) is 0.722. The van der Waals surface area contributed by atoms with Gasteiger partial charge in [-0.1, -0.05) is 0 Å². The van der Waals surface area contributed by atoms with Crippen LogP contribution in [0.4, 0.5) is 0 Å². The molecule has 2 fully saturated rings. The first-order chi connectivity index (χ1) is 7.17. The van der Waals surface area contributed by atoms with Gasteiger partial charge in [0.15, 0.2) is 0 Å². The topological polar surface area (TPSA) is 55.6 Å². The van der Waals surface area contributed by atoms with Gasteiger partial charge in [0.25, 0.3) is 0 Å². The van der Waals surface area contributed by atoms with Crippen molar-refractivity contribution in [2.45, 2.75) is 43.7 Å². The molecule has 2 saturated carbocycles. The molecule has 1 amide bonds. The SMILES string of the molecule is COCCN(C(=O)C1(N)CCC1)C1CC1. The summed E-state index contributed by atoms with van der Waals surface area (Å²) in [7, 11) is 1.66. The number of carbonyl (C=O) groups excluding carboxylic acids is 1. The maximum absolute atomic E-state index is 12.2. The van der Waals surface area contributed by atoms with Crippen molar-refractivity contribution in [2.24, 2.45) is 5.73 Å². The molecule has 0 aromatic carbocycles. The highest BCUT2D eigenvalue weighted by Gasteiger charge is 2.45. The number of hydrogen-bond donors (Lipinski definition) is 1. The molecule has 0 aromatic rings. The van der Waals surface area contributed by atoms with Crippen LogP contribution in [0.1, 0.15) is 32.1 Å². The predicted molar refractivity (Wildman–Crippen MR) is 57.4 cm³/mol. The van der Waals surface area contributed by atoms with Crippen molar-refractivity contribution in [3.8, 4) is 0 Å². The summed E-state index contributed by atoms with van der Waals surface area (Å²) >= 11 is 0. The number of nitrogens with two attached hydrogens (primary N) is 1. The molecule has 4 nitrogen and oxygen atoms in total. The molecule has 0 aliphatic heterocycles. The van der Waals surface area contributed by atoms with Gasteiger partial charge in [-0.25, -0.2) is 0 Å². The van der Waals surface area contributed by atoms with Crippen LogP contribution >= 0.6 is 0 Å². The van der Waals surface area contributed by atoms with Crippen LogP contribution < -0.4 is 5.73 Å². The number of ether oxygens (including phenoxy) is 1. The fourth-order valence-corrected chi connectivity index (χ4v) is 2.08. The van der Waals surface area contributed by atoms with E-state index in [0.29, 0.717) is 19.2 Å². The van der Waals surface area contributed by atoms with E-state index in [9.17, 15) is 4.79 Å². The van der Waals surface area contributed by atoms with E-state index in [4.69, 9.17) is 10.5 Å². The number of amides is 1. The van der Waals surface area contributed by atoms with Crippen LogP contribution in [-0.4, -0.2) is 42.6 Å². The molecule has 86 valence electrons. The summed E-state index contributed by atoms with van der Waals surface area (Å²) in [4.78, 5) is 14.1. The minimum Gasteiger partial charge on any atom is -0.383 e. The van der Waals surface area contributed by atoms with E-state index in [1.807, 2.05) is 4.90 Å². The van der Waals surface area contributed by atoms with Crippen LogP contribution in [-0.2, 0) is 9.53 Å². The van der Waals surface area contributed by atoms with Crippen LogP contribution in [0.25, 0.3) is 0 Å². The van der Waals surface area contributed by atoms with Gasteiger partial charge in [-0.05, 0) is 32.1 Å². The Morgan fingerprint density at radius 2 is 2.20 bits per heavy atom. The smallest absolute Gasteiger partial charge is 0.242 e. The fraction of sp³-hybridized carbons (Fsp3) is 0.909. The molecule has 0 spiro atoms. The lowest BCUT2D eigenvalue weighted by Gasteiger charge is -2.40. The van der Waals surface area contributed by atoms with Gasteiger partial charge in [0.2, 0.25) is 5.91 Å². The Bertz CT molecular complexity index is 247. The van der Waals surface area contributed by atoms with E-state index in [0.717, 1.165) is 32.1 Å². The normalized spacial score (nSPS) is 23.3. The maximum atomic E-state index is 12.2. The second-order valence-corrected chi connectivity index (χ2v) is 4.73. The Labute approximate surface area is 90.8 Å². The zero-order valence-electron chi connectivity index (χ0n) is 9.37. The molecule has 0 saturated heterocycles. The number of hydrogen-bond acceptors (Lipinski definition) is 3. The summed E-state index contributed by atoms with van der Waals surface area (Å²) in [5.74, 6) is 0.147. The molecular weight excluding hydrogens is 192 g/mol. The summed E-state index contributed by atoms with van der Waals surface area (Å²) in [5.41, 5.74) is 5.51. The lowest BCUT2D eigenvalue weighted by atomic mass is 9.76. The van der Waals surface area contributed by atoms with E-state index >= 15 is 0 Å². The standard InChI is InChI=1S/C11H20N2O2/c1-15-8-7-13(9-3-4-9)10(14)11(12)5-2-6-11/h9H,2-8,12H2,1H3. The van der Waals surface area contributed by atoms with Crippen molar-refractivity contribution in [1.82, 2.24) is 4.90 Å². The zero-order valence-corrected chi connectivity index (χ0v) is 9.37. The molecule has 15 heavy (non-hydrogen) atoms. The van der Waals surface area contributed by atoms with E-state index in [1.165, 1.54) is 0 Å². The molecule has 2 aliphatic rings. The van der Waals surface area contributed by atoms with Crippen molar-refractivity contribution in [3.05, 3.63) is 0 Å². The Morgan fingerprint density at radius 1 is 1.53 bits per heavy atom. The van der Waals surface area contributed by atoms with Gasteiger partial charge in [0.1, 0.15) is 0 Å². The minimum atomic E-state index is -0.545. The van der Waals surface area contributed by atoms with Crippen molar-refractivity contribution < 1.29 is 9.53 Å². The average molecular weight is 212 g/mol. The van der Waals surface area contributed by atoms with Crippen LogP contribution in [0.15, 0.2) is 0 Å². The largest absolute Gasteiger partial charge is 0.383 e. The summed E-state index contributed by atoms with van der Waals surface area (Å²) in [6, 6.07) is 0.439. The Kier molecular flexibility index (Phi) is 2.98. The molecule has 0 atom stereocenters. The zero-order chi connectivity index (χ0) is 10.9. The molecular formula is C11H20N2O2. The molecule has 0 unspecified atom stereocenters. The van der Waals surface area contributed by atoms with Gasteiger partial charge >= 0.3 is 0 Å². The Hall–Kier alpha value is -0.610. The Balaban J connectivity index is 1.94. The Morgan fingerprint density at radius 3 is 2.60 bits per heavy atom. The van der Waals surface area contributed by atoms with Gasteiger partial charge in [-0.2, -0.15) is 0 Å². The van der Waals surface area contributed by atoms with Crippen LogP contribution in [0, 0.1) is 0 Å². The van der Waals surface area contributed by atoms with Gasteiger partial charge in [0.05, 0.1) is 12.1 Å². The molecule has 2 N–H and O–H groups in total. The second-order valence-electron chi connectivity index (χ2n) is 4.73. The van der Waals surface area contributed by atoms with Crippen molar-refractivity contribution >= 4 is 5.91 Å². The number of nitrogens with zero attached hydrogens (tertiary/aromatic N) is 1. The number of rotatable bonds is 5. The van der Waals surface area contributed by atoms with Crippen LogP contribution in [0.5, 0.6) is 0 Å². The summed E-state index contributed by atoms with van der Waals surface area (Å²) in [5, 5.41) is 0. The van der Waals surface area contributed by atoms with E-state index < -0.39 is 5.54 Å². The van der Waals surface area contributed by atoms with Gasteiger partial charge in [-0.15, -0.1) is 0 Å². The van der Waals surface area contributed by atoms with Gasteiger partial charge in [-0.3, -0.25) is 4.79 Å². The lowest BCUT2D eigenvalue weighted by Crippen LogP contribution is -2.60. The minimum absolute atomic E-state index is 0.147. The maximum Gasteiger partial charge on any atom is 0.242 e. The highest BCUT2D eigenvalue weighted by Crippen LogP contribution is 2.35. The number of methoxy groups -OCH3 is 1. The average Bonchev–Trinajstić information content (AvgIpc) is 2.98. The molecule has 0 bridgehead atoms. The molecule has 0 radical (unpaired) electrons. The third-order valence-electron chi connectivity index (χ3n) is 3.46. The highest BCUT2D eigenvalue weighted by atomic mass is 16.5. The van der Waals surface area contributed by atoms with E-state index in [-0.39, 0.29) is 5.91 Å². The highest BCUT2D eigenvalue weighted by molar-refractivity contribution is 5.87. The summed E-state index contributed by atoms with van der Waals surface area (Å²) in [6.45, 7) is 1.30. The first-order valence-corrected chi connectivity index (χ1v) is 5.76. The second kappa shape index (κ2) is 4.10.